The predicted molar refractivity (Wildman–Crippen MR) is 56.0 cm³/mol. The molecule has 0 aromatic carbocycles. The number of nitrogens with zero attached hydrogens (tertiary/aromatic N) is 2. The highest BCUT2D eigenvalue weighted by molar-refractivity contribution is 6.02. The van der Waals surface area contributed by atoms with Crippen LogP contribution in [0, 0.1) is 0 Å². The molecule has 0 saturated carbocycles. The van der Waals surface area contributed by atoms with Gasteiger partial charge in [-0.1, -0.05) is 6.07 Å². The van der Waals surface area contributed by atoms with E-state index < -0.39 is 0 Å². The second kappa shape index (κ2) is 4.23. The Labute approximate surface area is 87.5 Å². The Kier molecular flexibility index (Phi) is 2.78. The van der Waals surface area contributed by atoms with Gasteiger partial charge in [0.05, 0.1) is 17.3 Å². The van der Waals surface area contributed by atoms with Crippen LogP contribution >= 0.6 is 0 Å². The highest BCUT2D eigenvalue weighted by atomic mass is 16.5. The van der Waals surface area contributed by atoms with Crippen LogP contribution in [0.1, 0.15) is 17.3 Å². The van der Waals surface area contributed by atoms with Gasteiger partial charge in [-0.25, -0.2) is 4.52 Å². The largest absolute Gasteiger partial charge is 0.374 e. The number of carbonyl (C=O) groups excluding carboxylic acids is 1. The lowest BCUT2D eigenvalue weighted by Gasteiger charge is -1.98. The summed E-state index contributed by atoms with van der Waals surface area (Å²) >= 11 is 0. The quantitative estimate of drug-likeness (QED) is 0.710. The standard InChI is InChI=1S/C11H12N2O2/c1-2-15-8-11(14)9-7-12-13-6-4-3-5-10(9)13/h3-7H,2,8H2,1H3. The van der Waals surface area contributed by atoms with Gasteiger partial charge in [-0.2, -0.15) is 5.10 Å². The topological polar surface area (TPSA) is 43.6 Å². The van der Waals surface area contributed by atoms with Gasteiger partial charge in [0.2, 0.25) is 0 Å². The molecule has 4 heteroatoms. The molecule has 15 heavy (non-hydrogen) atoms. The molecule has 0 bridgehead atoms. The Morgan fingerprint density at radius 1 is 1.53 bits per heavy atom. The first kappa shape index (κ1) is 9.86. The van der Waals surface area contributed by atoms with E-state index in [-0.39, 0.29) is 12.4 Å². The van der Waals surface area contributed by atoms with E-state index in [0.29, 0.717) is 12.2 Å². The maximum atomic E-state index is 11.7. The molecule has 2 aromatic heterocycles. The van der Waals surface area contributed by atoms with Gasteiger partial charge in [0, 0.05) is 12.8 Å². The van der Waals surface area contributed by atoms with E-state index in [2.05, 4.69) is 5.10 Å². The summed E-state index contributed by atoms with van der Waals surface area (Å²) in [6.07, 6.45) is 3.39. The fourth-order valence-corrected chi connectivity index (χ4v) is 1.42. The second-order valence-electron chi connectivity index (χ2n) is 3.15. The maximum Gasteiger partial charge on any atom is 0.192 e. The van der Waals surface area contributed by atoms with Gasteiger partial charge in [-0.15, -0.1) is 0 Å². The number of ketones is 1. The molecule has 2 aromatic rings. The molecule has 0 aliphatic carbocycles. The molecule has 0 spiro atoms. The van der Waals surface area contributed by atoms with Crippen molar-refractivity contribution >= 4 is 11.3 Å². The number of hydrogen-bond donors (Lipinski definition) is 0. The van der Waals surface area contributed by atoms with Gasteiger partial charge in [0.1, 0.15) is 6.61 Å². The average Bonchev–Trinajstić information content (AvgIpc) is 2.69. The van der Waals surface area contributed by atoms with Crippen LogP contribution in [0.4, 0.5) is 0 Å². The zero-order valence-corrected chi connectivity index (χ0v) is 8.51. The van der Waals surface area contributed by atoms with Crippen molar-refractivity contribution in [3.8, 4) is 0 Å². The molecule has 0 amide bonds. The van der Waals surface area contributed by atoms with Gasteiger partial charge in [-0.3, -0.25) is 4.79 Å². The summed E-state index contributed by atoms with van der Waals surface area (Å²) in [5.41, 5.74) is 1.44. The first-order valence-corrected chi connectivity index (χ1v) is 4.86. The molecule has 0 radical (unpaired) electrons. The first-order valence-electron chi connectivity index (χ1n) is 4.86. The average molecular weight is 204 g/mol. The lowest BCUT2D eigenvalue weighted by molar-refractivity contribution is 0.0785. The minimum absolute atomic E-state index is 0.0296. The lowest BCUT2D eigenvalue weighted by atomic mass is 10.2. The highest BCUT2D eigenvalue weighted by Crippen LogP contribution is 2.10. The van der Waals surface area contributed by atoms with Gasteiger partial charge < -0.3 is 4.74 Å². The molecular formula is C11H12N2O2. The third kappa shape index (κ3) is 1.89. The van der Waals surface area contributed by atoms with Crippen molar-refractivity contribution in [3.63, 3.8) is 0 Å². The van der Waals surface area contributed by atoms with E-state index in [1.54, 1.807) is 10.7 Å². The molecule has 0 unspecified atom stereocenters. The van der Waals surface area contributed by atoms with Crippen molar-refractivity contribution in [3.05, 3.63) is 36.2 Å². The second-order valence-corrected chi connectivity index (χ2v) is 3.15. The minimum Gasteiger partial charge on any atom is -0.374 e. The van der Waals surface area contributed by atoms with Crippen LogP contribution in [-0.2, 0) is 4.74 Å². The van der Waals surface area contributed by atoms with Crippen molar-refractivity contribution in [1.29, 1.82) is 0 Å². The van der Waals surface area contributed by atoms with Crippen molar-refractivity contribution in [2.24, 2.45) is 0 Å². The number of ether oxygens (including phenoxy) is 1. The van der Waals surface area contributed by atoms with Gasteiger partial charge in [0.25, 0.3) is 0 Å². The van der Waals surface area contributed by atoms with Crippen LogP contribution in [0.2, 0.25) is 0 Å². The Morgan fingerprint density at radius 3 is 3.20 bits per heavy atom. The number of carbonyl (C=O) groups is 1. The number of hydrogen-bond acceptors (Lipinski definition) is 3. The summed E-state index contributed by atoms with van der Waals surface area (Å²) < 4.78 is 6.76. The number of aromatic nitrogens is 2. The number of fused-ring (bicyclic) bond motifs is 1. The third-order valence-electron chi connectivity index (χ3n) is 2.16. The molecule has 0 aliphatic rings. The maximum absolute atomic E-state index is 11.7. The monoisotopic (exact) mass is 204 g/mol. The van der Waals surface area contributed by atoms with Crippen LogP contribution in [0.25, 0.3) is 5.52 Å². The van der Waals surface area contributed by atoms with Crippen LogP contribution in [0.3, 0.4) is 0 Å². The summed E-state index contributed by atoms with van der Waals surface area (Å²) in [4.78, 5) is 11.7. The van der Waals surface area contributed by atoms with Crippen molar-refractivity contribution < 1.29 is 9.53 Å². The van der Waals surface area contributed by atoms with Crippen LogP contribution in [0.5, 0.6) is 0 Å². The van der Waals surface area contributed by atoms with Gasteiger partial charge in [-0.05, 0) is 19.1 Å². The van der Waals surface area contributed by atoms with E-state index >= 15 is 0 Å². The Balaban J connectivity index is 2.31. The lowest BCUT2D eigenvalue weighted by Crippen LogP contribution is -2.08. The normalized spacial score (nSPS) is 10.7. The van der Waals surface area contributed by atoms with Crippen molar-refractivity contribution in [2.75, 3.05) is 13.2 Å². The predicted octanol–water partition coefficient (Wildman–Crippen LogP) is 1.55. The molecule has 0 saturated heterocycles. The fraction of sp³-hybridized carbons (Fsp3) is 0.273. The summed E-state index contributed by atoms with van der Waals surface area (Å²) in [6, 6.07) is 5.62. The first-order chi connectivity index (χ1) is 7.33. The minimum atomic E-state index is -0.0296. The van der Waals surface area contributed by atoms with E-state index in [4.69, 9.17) is 4.74 Å². The Morgan fingerprint density at radius 2 is 2.40 bits per heavy atom. The molecule has 0 fully saturated rings. The number of rotatable bonds is 4. The molecule has 4 nitrogen and oxygen atoms in total. The fourth-order valence-electron chi connectivity index (χ4n) is 1.42. The molecule has 78 valence electrons. The summed E-state index contributed by atoms with van der Waals surface area (Å²) in [6.45, 7) is 2.53. The molecule has 0 N–H and O–H groups in total. The number of Topliss-reactive ketones (excluding diaryl/α,β-unsaturated/α-hetero) is 1. The van der Waals surface area contributed by atoms with Crippen molar-refractivity contribution in [1.82, 2.24) is 9.61 Å². The Hall–Kier alpha value is -1.68. The van der Waals surface area contributed by atoms with Crippen LogP contribution < -0.4 is 0 Å². The number of pyridine rings is 1. The van der Waals surface area contributed by atoms with E-state index in [1.165, 1.54) is 0 Å². The molecule has 2 rings (SSSR count). The van der Waals surface area contributed by atoms with Crippen molar-refractivity contribution in [2.45, 2.75) is 6.92 Å². The van der Waals surface area contributed by atoms with Crippen LogP contribution in [0.15, 0.2) is 30.6 Å². The smallest absolute Gasteiger partial charge is 0.192 e. The van der Waals surface area contributed by atoms with E-state index in [9.17, 15) is 4.79 Å². The molecule has 0 aliphatic heterocycles. The Bertz CT molecular complexity index is 476. The summed E-state index contributed by atoms with van der Waals surface area (Å²) in [5, 5.41) is 4.09. The molecule has 2 heterocycles. The molecule has 0 atom stereocenters. The summed E-state index contributed by atoms with van der Waals surface area (Å²) in [7, 11) is 0. The zero-order valence-electron chi connectivity index (χ0n) is 8.51. The van der Waals surface area contributed by atoms with E-state index in [1.807, 2.05) is 31.3 Å². The van der Waals surface area contributed by atoms with Gasteiger partial charge >= 0.3 is 0 Å². The van der Waals surface area contributed by atoms with Crippen LogP contribution in [-0.4, -0.2) is 28.6 Å². The van der Waals surface area contributed by atoms with E-state index in [0.717, 1.165) is 5.52 Å². The third-order valence-corrected chi connectivity index (χ3v) is 2.16. The van der Waals surface area contributed by atoms with Gasteiger partial charge in [0.15, 0.2) is 5.78 Å². The molecular weight excluding hydrogens is 192 g/mol. The summed E-state index contributed by atoms with van der Waals surface area (Å²) in [5.74, 6) is -0.0296. The highest BCUT2D eigenvalue weighted by Gasteiger charge is 2.11. The SMILES string of the molecule is CCOCC(=O)c1cnn2ccccc12. The zero-order chi connectivity index (χ0) is 10.7.